The van der Waals surface area contributed by atoms with E-state index in [9.17, 15) is 18.8 Å². The first-order chi connectivity index (χ1) is 12.5. The lowest BCUT2D eigenvalue weighted by atomic mass is 10.1. The number of ether oxygens (including phenoxy) is 1. The summed E-state index contributed by atoms with van der Waals surface area (Å²) in [6.07, 6.45) is 0.259. The van der Waals surface area contributed by atoms with Crippen molar-refractivity contribution in [2.75, 3.05) is 19.7 Å². The normalized spacial score (nSPS) is 13.6. The summed E-state index contributed by atoms with van der Waals surface area (Å²) >= 11 is 0. The molecule has 2 aromatic rings. The van der Waals surface area contributed by atoms with Gasteiger partial charge >= 0.3 is 12.0 Å². The second kappa shape index (κ2) is 7.81. The fourth-order valence-corrected chi connectivity index (χ4v) is 2.55. The maximum atomic E-state index is 13.7. The molecule has 3 amide bonds. The Morgan fingerprint density at radius 1 is 1.23 bits per heavy atom. The molecule has 2 heterocycles. The lowest BCUT2D eigenvalue weighted by Crippen LogP contribution is -2.37. The fourth-order valence-electron chi connectivity index (χ4n) is 2.55. The zero-order valence-electron chi connectivity index (χ0n) is 13.9. The Kier molecular flexibility index (Phi) is 5.31. The van der Waals surface area contributed by atoms with Crippen LogP contribution in [-0.2, 0) is 20.7 Å². The first-order valence-corrected chi connectivity index (χ1v) is 8.12. The molecule has 1 aromatic heterocycles. The second-order valence-corrected chi connectivity index (χ2v) is 5.68. The molecular weight excluding hydrogens is 343 g/mol. The van der Waals surface area contributed by atoms with Gasteiger partial charge in [0.25, 0.3) is 5.91 Å². The van der Waals surface area contributed by atoms with Crippen LogP contribution < -0.4 is 5.32 Å². The maximum Gasteiger partial charge on any atom is 0.324 e. The average Bonchev–Trinajstić information content (AvgIpc) is 3.27. The van der Waals surface area contributed by atoms with Crippen molar-refractivity contribution in [2.24, 2.45) is 0 Å². The first-order valence-electron chi connectivity index (χ1n) is 8.12. The summed E-state index contributed by atoms with van der Waals surface area (Å²) in [5.41, 5.74) is 0.343. The monoisotopic (exact) mass is 360 g/mol. The fraction of sp³-hybridized carbons (Fsp3) is 0.278. The minimum absolute atomic E-state index is 0.00367. The van der Waals surface area contributed by atoms with Crippen LogP contribution in [0.1, 0.15) is 12.2 Å². The van der Waals surface area contributed by atoms with E-state index in [0.29, 0.717) is 23.6 Å². The number of nitrogens with one attached hydrogen (secondary N) is 1. The number of hydrogen-bond donors (Lipinski definition) is 1. The molecule has 1 aliphatic rings. The molecule has 0 saturated carbocycles. The van der Waals surface area contributed by atoms with Crippen LogP contribution in [0.15, 0.2) is 40.8 Å². The summed E-state index contributed by atoms with van der Waals surface area (Å²) in [5, 5.41) is 2.49. The summed E-state index contributed by atoms with van der Waals surface area (Å²) < 4.78 is 24.2. The van der Waals surface area contributed by atoms with Crippen LogP contribution in [0, 0.1) is 5.82 Å². The molecule has 7 nitrogen and oxygen atoms in total. The first kappa shape index (κ1) is 17.7. The number of carbonyl (C=O) groups is 3. The molecule has 0 bridgehead atoms. The third-order valence-corrected chi connectivity index (χ3v) is 3.89. The van der Waals surface area contributed by atoms with E-state index in [4.69, 9.17) is 9.15 Å². The van der Waals surface area contributed by atoms with Gasteiger partial charge in [-0.05, 0) is 24.3 Å². The standard InChI is InChI=1S/C18H17FN2O5/c19-14-4-2-1-3-13(14)15-7-5-12(26-15)6-8-17(23)25-11-16(22)21-10-9-20-18(21)24/h1-5,7H,6,8-11H2,(H,20,24). The molecule has 1 fully saturated rings. The van der Waals surface area contributed by atoms with Gasteiger partial charge in [-0.25, -0.2) is 9.18 Å². The molecule has 0 aliphatic carbocycles. The number of carbonyl (C=O) groups excluding carboxylic acids is 3. The van der Waals surface area contributed by atoms with E-state index in [-0.39, 0.29) is 19.4 Å². The minimum atomic E-state index is -0.582. The van der Waals surface area contributed by atoms with Crippen molar-refractivity contribution < 1.29 is 27.9 Å². The molecule has 1 aromatic carbocycles. The van der Waals surface area contributed by atoms with Gasteiger partial charge in [-0.1, -0.05) is 12.1 Å². The van der Waals surface area contributed by atoms with Crippen molar-refractivity contribution in [3.63, 3.8) is 0 Å². The van der Waals surface area contributed by atoms with E-state index in [1.54, 1.807) is 30.3 Å². The van der Waals surface area contributed by atoms with Gasteiger partial charge in [0.2, 0.25) is 0 Å². The number of nitrogens with zero attached hydrogens (tertiary/aromatic N) is 1. The lowest BCUT2D eigenvalue weighted by molar-refractivity contribution is -0.150. The molecule has 0 atom stereocenters. The Morgan fingerprint density at radius 2 is 2.04 bits per heavy atom. The van der Waals surface area contributed by atoms with Crippen LogP contribution in [0.5, 0.6) is 0 Å². The molecule has 1 aliphatic heterocycles. The minimum Gasteiger partial charge on any atom is -0.461 e. The molecule has 3 rings (SSSR count). The number of rotatable bonds is 6. The molecule has 0 spiro atoms. The molecular formula is C18H17FN2O5. The number of esters is 1. The number of furan rings is 1. The molecule has 136 valence electrons. The average molecular weight is 360 g/mol. The third-order valence-electron chi connectivity index (χ3n) is 3.89. The van der Waals surface area contributed by atoms with E-state index in [0.717, 1.165) is 4.90 Å². The molecule has 1 N–H and O–H groups in total. The van der Waals surface area contributed by atoms with Crippen LogP contribution >= 0.6 is 0 Å². The van der Waals surface area contributed by atoms with Crippen LogP contribution in [-0.4, -0.2) is 42.5 Å². The summed E-state index contributed by atoms with van der Waals surface area (Å²) in [7, 11) is 0. The van der Waals surface area contributed by atoms with Gasteiger partial charge < -0.3 is 14.5 Å². The zero-order valence-corrected chi connectivity index (χ0v) is 13.9. The highest BCUT2D eigenvalue weighted by Crippen LogP contribution is 2.25. The van der Waals surface area contributed by atoms with Gasteiger partial charge in [0.1, 0.15) is 17.3 Å². The van der Waals surface area contributed by atoms with Crippen molar-refractivity contribution in [3.05, 3.63) is 48.0 Å². The maximum absolute atomic E-state index is 13.7. The highest BCUT2D eigenvalue weighted by atomic mass is 19.1. The number of benzene rings is 1. The number of amides is 3. The molecule has 26 heavy (non-hydrogen) atoms. The van der Waals surface area contributed by atoms with Crippen LogP contribution in [0.2, 0.25) is 0 Å². The van der Waals surface area contributed by atoms with Gasteiger partial charge in [-0.15, -0.1) is 0 Å². The predicted octanol–water partition coefficient (Wildman–Crippen LogP) is 2.11. The smallest absolute Gasteiger partial charge is 0.324 e. The van der Waals surface area contributed by atoms with Gasteiger partial charge in [-0.2, -0.15) is 0 Å². The topological polar surface area (TPSA) is 88.8 Å². The van der Waals surface area contributed by atoms with Crippen molar-refractivity contribution in [1.82, 2.24) is 10.2 Å². The molecule has 0 radical (unpaired) electrons. The van der Waals surface area contributed by atoms with Crippen LogP contribution in [0.4, 0.5) is 9.18 Å². The number of aryl methyl sites for hydroxylation is 1. The van der Waals surface area contributed by atoms with E-state index in [1.807, 2.05) is 0 Å². The summed E-state index contributed by atoms with van der Waals surface area (Å²) in [6, 6.07) is 9.05. The van der Waals surface area contributed by atoms with Gasteiger partial charge in [-0.3, -0.25) is 14.5 Å². The van der Waals surface area contributed by atoms with Crippen molar-refractivity contribution in [1.29, 1.82) is 0 Å². The Balaban J connectivity index is 1.47. The van der Waals surface area contributed by atoms with Gasteiger partial charge in [0.05, 0.1) is 12.0 Å². The Bertz CT molecular complexity index is 832. The molecule has 1 saturated heterocycles. The zero-order chi connectivity index (χ0) is 18.5. The Labute approximate surface area is 148 Å². The van der Waals surface area contributed by atoms with Gasteiger partial charge in [0.15, 0.2) is 6.61 Å². The van der Waals surface area contributed by atoms with Crippen LogP contribution in [0.3, 0.4) is 0 Å². The second-order valence-electron chi connectivity index (χ2n) is 5.68. The SMILES string of the molecule is O=C(CCc1ccc(-c2ccccc2F)o1)OCC(=O)N1CCNC1=O. The van der Waals surface area contributed by atoms with Crippen molar-refractivity contribution in [3.8, 4) is 11.3 Å². The number of urea groups is 1. The molecule has 0 unspecified atom stereocenters. The van der Waals surface area contributed by atoms with E-state index in [1.165, 1.54) is 6.07 Å². The quantitative estimate of drug-likeness (QED) is 0.797. The highest BCUT2D eigenvalue weighted by molar-refractivity contribution is 5.96. The third kappa shape index (κ3) is 4.08. The van der Waals surface area contributed by atoms with Crippen molar-refractivity contribution >= 4 is 17.9 Å². The number of halogens is 1. The lowest BCUT2D eigenvalue weighted by Gasteiger charge is -2.11. The van der Waals surface area contributed by atoms with E-state index in [2.05, 4.69) is 5.32 Å². The number of imide groups is 1. The molecule has 8 heteroatoms. The Morgan fingerprint density at radius 3 is 2.77 bits per heavy atom. The largest absolute Gasteiger partial charge is 0.461 e. The predicted molar refractivity (Wildman–Crippen MR) is 88.5 cm³/mol. The van der Waals surface area contributed by atoms with E-state index >= 15 is 0 Å². The number of hydrogen-bond acceptors (Lipinski definition) is 5. The Hall–Kier alpha value is -3.16. The van der Waals surface area contributed by atoms with E-state index < -0.39 is 30.3 Å². The highest BCUT2D eigenvalue weighted by Gasteiger charge is 2.26. The van der Waals surface area contributed by atoms with Crippen LogP contribution in [0.25, 0.3) is 11.3 Å². The summed E-state index contributed by atoms with van der Waals surface area (Å²) in [4.78, 5) is 35.8. The van der Waals surface area contributed by atoms with Crippen molar-refractivity contribution in [2.45, 2.75) is 12.8 Å². The summed E-state index contributed by atoms with van der Waals surface area (Å²) in [6.45, 7) is 0.173. The van der Waals surface area contributed by atoms with Gasteiger partial charge in [0, 0.05) is 19.5 Å². The summed E-state index contributed by atoms with van der Waals surface area (Å²) in [5.74, 6) is -0.653.